The topological polar surface area (TPSA) is 38.0 Å². The predicted molar refractivity (Wildman–Crippen MR) is 44.9 cm³/mol. The molecule has 0 radical (unpaired) electrons. The van der Waals surface area contributed by atoms with E-state index in [1.165, 1.54) is 6.92 Å². The van der Waals surface area contributed by atoms with Crippen LogP contribution < -0.4 is 11.1 Å². The molecule has 0 aliphatic heterocycles. The van der Waals surface area contributed by atoms with Gasteiger partial charge in [0, 0.05) is 6.54 Å². The van der Waals surface area contributed by atoms with Gasteiger partial charge in [0.2, 0.25) is 0 Å². The van der Waals surface area contributed by atoms with Gasteiger partial charge >= 0.3 is 0 Å². The summed E-state index contributed by atoms with van der Waals surface area (Å²) in [5.41, 5.74) is 2.80. The van der Waals surface area contributed by atoms with Gasteiger partial charge in [0.25, 0.3) is 0 Å². The van der Waals surface area contributed by atoms with Crippen LogP contribution in [0, 0.1) is 23.3 Å². The number of nitrogen functional groups attached to an aromatic ring is 1. The zero-order chi connectivity index (χ0) is 10.9. The van der Waals surface area contributed by atoms with Crippen molar-refractivity contribution in [2.75, 3.05) is 17.6 Å². The fourth-order valence-corrected chi connectivity index (χ4v) is 0.981. The van der Waals surface area contributed by atoms with Crippen LogP contribution in [-0.2, 0) is 0 Å². The lowest BCUT2D eigenvalue weighted by atomic mass is 10.2. The van der Waals surface area contributed by atoms with Crippen molar-refractivity contribution < 1.29 is 17.6 Å². The summed E-state index contributed by atoms with van der Waals surface area (Å²) in [5.74, 6) is -6.19. The van der Waals surface area contributed by atoms with Crippen molar-refractivity contribution in [3.8, 4) is 0 Å². The Bertz CT molecular complexity index is 336. The molecule has 0 aliphatic rings. The third-order valence-electron chi connectivity index (χ3n) is 1.65. The Morgan fingerprint density at radius 2 is 1.43 bits per heavy atom. The Morgan fingerprint density at radius 3 is 1.79 bits per heavy atom. The molecule has 3 N–H and O–H groups in total. The highest BCUT2D eigenvalue weighted by Crippen LogP contribution is 2.29. The molecule has 1 rings (SSSR count). The van der Waals surface area contributed by atoms with Crippen molar-refractivity contribution in [1.29, 1.82) is 0 Å². The molecule has 0 unspecified atom stereocenters. The van der Waals surface area contributed by atoms with Crippen molar-refractivity contribution in [3.05, 3.63) is 23.3 Å². The number of anilines is 2. The summed E-state index contributed by atoms with van der Waals surface area (Å²) in [7, 11) is 0. The molecule has 0 heterocycles. The Morgan fingerprint density at radius 1 is 1.00 bits per heavy atom. The molecular weight excluding hydrogens is 200 g/mol. The second kappa shape index (κ2) is 3.73. The molecule has 0 aromatic heterocycles. The smallest absolute Gasteiger partial charge is 0.187 e. The molecule has 2 nitrogen and oxygen atoms in total. The predicted octanol–water partition coefficient (Wildman–Crippen LogP) is 2.26. The maximum Gasteiger partial charge on any atom is 0.187 e. The van der Waals surface area contributed by atoms with Crippen molar-refractivity contribution in [1.82, 2.24) is 0 Å². The van der Waals surface area contributed by atoms with E-state index in [1.54, 1.807) is 0 Å². The first-order valence-corrected chi connectivity index (χ1v) is 3.86. The fourth-order valence-electron chi connectivity index (χ4n) is 0.981. The van der Waals surface area contributed by atoms with Gasteiger partial charge in [0.1, 0.15) is 11.4 Å². The molecule has 0 spiro atoms. The normalized spacial score (nSPS) is 10.4. The second-order valence-electron chi connectivity index (χ2n) is 2.57. The molecular formula is C8H8F4N2. The number of rotatable bonds is 2. The molecule has 0 atom stereocenters. The minimum absolute atomic E-state index is 0.136. The van der Waals surface area contributed by atoms with E-state index in [2.05, 4.69) is 5.32 Å². The molecule has 1 aromatic rings. The van der Waals surface area contributed by atoms with Gasteiger partial charge in [0.05, 0.1) is 0 Å². The lowest BCUT2D eigenvalue weighted by molar-refractivity contribution is 0.464. The Hall–Kier alpha value is -1.46. The van der Waals surface area contributed by atoms with Gasteiger partial charge < -0.3 is 11.1 Å². The van der Waals surface area contributed by atoms with Crippen LogP contribution in [0.4, 0.5) is 28.9 Å². The number of hydrogen-bond acceptors (Lipinski definition) is 2. The molecule has 0 saturated heterocycles. The van der Waals surface area contributed by atoms with E-state index in [9.17, 15) is 17.6 Å². The first-order chi connectivity index (χ1) is 6.50. The monoisotopic (exact) mass is 208 g/mol. The minimum atomic E-state index is -1.58. The van der Waals surface area contributed by atoms with Gasteiger partial charge in [-0.3, -0.25) is 0 Å². The third-order valence-corrected chi connectivity index (χ3v) is 1.65. The molecule has 0 bridgehead atoms. The molecule has 6 heteroatoms. The van der Waals surface area contributed by atoms with Crippen LogP contribution in [0.1, 0.15) is 6.92 Å². The van der Waals surface area contributed by atoms with E-state index in [0.29, 0.717) is 0 Å². The minimum Gasteiger partial charge on any atom is -0.394 e. The van der Waals surface area contributed by atoms with Gasteiger partial charge in [-0.15, -0.1) is 0 Å². The lowest BCUT2D eigenvalue weighted by Crippen LogP contribution is -2.09. The highest BCUT2D eigenvalue weighted by Gasteiger charge is 2.23. The Kier molecular flexibility index (Phi) is 2.83. The highest BCUT2D eigenvalue weighted by molar-refractivity contribution is 5.56. The van der Waals surface area contributed by atoms with Crippen molar-refractivity contribution >= 4 is 11.4 Å². The van der Waals surface area contributed by atoms with Gasteiger partial charge in [-0.25, -0.2) is 17.6 Å². The maximum atomic E-state index is 13.0. The number of halogens is 4. The largest absolute Gasteiger partial charge is 0.394 e. The summed E-state index contributed by atoms with van der Waals surface area (Å²) in [6.07, 6.45) is 0. The maximum absolute atomic E-state index is 13.0. The number of nitrogens with one attached hydrogen (secondary N) is 1. The summed E-state index contributed by atoms with van der Waals surface area (Å²) in [6, 6.07) is 0. The SMILES string of the molecule is CCNc1c(F)c(F)c(N)c(F)c1F. The van der Waals surface area contributed by atoms with Crippen LogP contribution in [0.15, 0.2) is 0 Å². The Labute approximate surface area is 77.7 Å². The molecule has 78 valence electrons. The van der Waals surface area contributed by atoms with Crippen molar-refractivity contribution in [3.63, 3.8) is 0 Å². The average Bonchev–Trinajstić information content (AvgIpc) is 2.19. The first kappa shape index (κ1) is 10.6. The summed E-state index contributed by atoms with van der Waals surface area (Å²) in [4.78, 5) is 0. The van der Waals surface area contributed by atoms with E-state index in [1.807, 2.05) is 0 Å². The van der Waals surface area contributed by atoms with E-state index < -0.39 is 34.6 Å². The van der Waals surface area contributed by atoms with Crippen LogP contribution in [-0.4, -0.2) is 6.54 Å². The van der Waals surface area contributed by atoms with E-state index in [0.717, 1.165) is 0 Å². The lowest BCUT2D eigenvalue weighted by Gasteiger charge is -2.09. The standard InChI is InChI=1S/C8H8F4N2/c1-2-14-8-5(11)3(9)7(13)4(10)6(8)12/h14H,2,13H2,1H3. The van der Waals surface area contributed by atoms with Crippen molar-refractivity contribution in [2.45, 2.75) is 6.92 Å². The fraction of sp³-hybridized carbons (Fsp3) is 0.250. The highest BCUT2D eigenvalue weighted by atomic mass is 19.2. The number of nitrogens with two attached hydrogens (primary N) is 1. The van der Waals surface area contributed by atoms with Crippen LogP contribution in [0.3, 0.4) is 0 Å². The molecule has 14 heavy (non-hydrogen) atoms. The van der Waals surface area contributed by atoms with Gasteiger partial charge in [-0.05, 0) is 6.92 Å². The number of hydrogen-bond donors (Lipinski definition) is 2. The Balaban J connectivity index is 3.43. The van der Waals surface area contributed by atoms with Crippen LogP contribution >= 0.6 is 0 Å². The third kappa shape index (κ3) is 1.47. The molecule has 0 fully saturated rings. The van der Waals surface area contributed by atoms with E-state index in [4.69, 9.17) is 5.73 Å². The molecule has 1 aromatic carbocycles. The summed E-state index contributed by atoms with van der Waals surface area (Å²) < 4.78 is 51.5. The zero-order valence-electron chi connectivity index (χ0n) is 7.30. The van der Waals surface area contributed by atoms with Crippen LogP contribution in [0.5, 0.6) is 0 Å². The van der Waals surface area contributed by atoms with Gasteiger partial charge in [0.15, 0.2) is 23.3 Å². The van der Waals surface area contributed by atoms with E-state index in [-0.39, 0.29) is 6.54 Å². The van der Waals surface area contributed by atoms with Gasteiger partial charge in [-0.1, -0.05) is 0 Å². The zero-order valence-corrected chi connectivity index (χ0v) is 7.30. The van der Waals surface area contributed by atoms with Crippen LogP contribution in [0.25, 0.3) is 0 Å². The van der Waals surface area contributed by atoms with E-state index >= 15 is 0 Å². The van der Waals surface area contributed by atoms with Crippen molar-refractivity contribution in [2.24, 2.45) is 0 Å². The molecule has 0 saturated carbocycles. The first-order valence-electron chi connectivity index (χ1n) is 3.86. The summed E-state index contributed by atoms with van der Waals surface area (Å²) >= 11 is 0. The summed E-state index contributed by atoms with van der Waals surface area (Å²) in [6.45, 7) is 1.67. The molecule has 0 amide bonds. The number of benzene rings is 1. The second-order valence-corrected chi connectivity index (χ2v) is 2.57. The average molecular weight is 208 g/mol. The van der Waals surface area contributed by atoms with Gasteiger partial charge in [-0.2, -0.15) is 0 Å². The molecule has 0 aliphatic carbocycles. The quantitative estimate of drug-likeness (QED) is 0.444. The summed E-state index contributed by atoms with van der Waals surface area (Å²) in [5, 5.41) is 2.17. The van der Waals surface area contributed by atoms with Crippen LogP contribution in [0.2, 0.25) is 0 Å².